The van der Waals surface area contributed by atoms with Crippen LogP contribution in [-0.2, 0) is 17.3 Å². The fraction of sp³-hybridized carbons (Fsp3) is 0.632. The summed E-state index contributed by atoms with van der Waals surface area (Å²) in [6.45, 7) is 13.2. The van der Waals surface area contributed by atoms with Crippen LogP contribution in [0.25, 0.3) is 0 Å². The molecule has 0 aliphatic rings. The van der Waals surface area contributed by atoms with Crippen molar-refractivity contribution in [2.75, 3.05) is 6.61 Å². The molecule has 0 saturated heterocycles. The molecule has 2 aromatic rings. The van der Waals surface area contributed by atoms with Crippen molar-refractivity contribution < 1.29 is 9.84 Å². The quantitative estimate of drug-likeness (QED) is 0.775. The van der Waals surface area contributed by atoms with Crippen molar-refractivity contribution >= 4 is 0 Å². The molecule has 138 valence electrons. The maximum Gasteiger partial charge on any atom is 0.148 e. The van der Waals surface area contributed by atoms with E-state index in [9.17, 15) is 5.11 Å². The van der Waals surface area contributed by atoms with Gasteiger partial charge in [0.2, 0.25) is 0 Å². The SMILES string of the molecule is CC(C)(C)c1cc(OCCCCc2nnn[nH]2)cc(C(C)(C)C)c1O. The van der Waals surface area contributed by atoms with Crippen LogP contribution in [0, 0.1) is 0 Å². The van der Waals surface area contributed by atoms with E-state index in [0.717, 1.165) is 42.0 Å². The molecule has 6 nitrogen and oxygen atoms in total. The Kier molecular flexibility index (Phi) is 5.70. The minimum atomic E-state index is -0.150. The predicted molar refractivity (Wildman–Crippen MR) is 98.1 cm³/mol. The van der Waals surface area contributed by atoms with Crippen molar-refractivity contribution in [1.29, 1.82) is 0 Å². The Labute approximate surface area is 150 Å². The van der Waals surface area contributed by atoms with Gasteiger partial charge in [0, 0.05) is 17.5 Å². The van der Waals surface area contributed by atoms with Crippen molar-refractivity contribution in [3.63, 3.8) is 0 Å². The molecule has 2 rings (SSSR count). The van der Waals surface area contributed by atoms with E-state index in [2.05, 4.69) is 62.2 Å². The van der Waals surface area contributed by atoms with Gasteiger partial charge < -0.3 is 9.84 Å². The molecular formula is C19H30N4O2. The van der Waals surface area contributed by atoms with E-state index >= 15 is 0 Å². The molecule has 1 aromatic heterocycles. The van der Waals surface area contributed by atoms with E-state index in [-0.39, 0.29) is 10.8 Å². The first-order valence-corrected chi connectivity index (χ1v) is 8.82. The molecule has 0 spiro atoms. The molecule has 25 heavy (non-hydrogen) atoms. The minimum absolute atomic E-state index is 0.150. The van der Waals surface area contributed by atoms with Gasteiger partial charge in [-0.05, 0) is 46.2 Å². The van der Waals surface area contributed by atoms with Gasteiger partial charge in [-0.2, -0.15) is 0 Å². The van der Waals surface area contributed by atoms with Gasteiger partial charge in [0.25, 0.3) is 0 Å². The van der Waals surface area contributed by atoms with Crippen LogP contribution in [0.3, 0.4) is 0 Å². The first-order chi connectivity index (χ1) is 11.6. The van der Waals surface area contributed by atoms with Gasteiger partial charge in [0.15, 0.2) is 0 Å². The molecule has 0 atom stereocenters. The Balaban J connectivity index is 2.06. The summed E-state index contributed by atoms with van der Waals surface area (Å²) in [5, 5.41) is 24.5. The summed E-state index contributed by atoms with van der Waals surface area (Å²) in [6.07, 6.45) is 2.68. The number of tetrazole rings is 1. The second-order valence-corrected chi connectivity index (χ2v) is 8.52. The lowest BCUT2D eigenvalue weighted by Crippen LogP contribution is -2.17. The number of phenols is 1. The monoisotopic (exact) mass is 346 g/mol. The predicted octanol–water partition coefficient (Wildman–Crippen LogP) is 3.90. The largest absolute Gasteiger partial charge is 0.507 e. The third-order valence-electron chi connectivity index (χ3n) is 4.17. The van der Waals surface area contributed by atoms with E-state index < -0.39 is 0 Å². The van der Waals surface area contributed by atoms with Gasteiger partial charge >= 0.3 is 0 Å². The number of aryl methyl sites for hydroxylation is 1. The zero-order valence-electron chi connectivity index (χ0n) is 16.2. The number of ether oxygens (including phenoxy) is 1. The van der Waals surface area contributed by atoms with E-state index in [1.54, 1.807) is 0 Å². The first kappa shape index (κ1) is 19.2. The third kappa shape index (κ3) is 5.18. The number of hydrogen-bond donors (Lipinski definition) is 2. The van der Waals surface area contributed by atoms with Crippen LogP contribution in [0.4, 0.5) is 0 Å². The smallest absolute Gasteiger partial charge is 0.148 e. The summed E-state index contributed by atoms with van der Waals surface area (Å²) in [6, 6.07) is 3.93. The van der Waals surface area contributed by atoms with E-state index in [4.69, 9.17) is 4.74 Å². The number of unbranched alkanes of at least 4 members (excludes halogenated alkanes) is 1. The van der Waals surface area contributed by atoms with Crippen molar-refractivity contribution in [2.24, 2.45) is 0 Å². The highest BCUT2D eigenvalue weighted by atomic mass is 16.5. The van der Waals surface area contributed by atoms with Gasteiger partial charge in [0.05, 0.1) is 6.61 Å². The van der Waals surface area contributed by atoms with Crippen molar-refractivity contribution in [3.8, 4) is 11.5 Å². The molecule has 0 unspecified atom stereocenters. The molecule has 0 aliphatic carbocycles. The van der Waals surface area contributed by atoms with Crippen LogP contribution >= 0.6 is 0 Å². The Hall–Kier alpha value is -2.11. The lowest BCUT2D eigenvalue weighted by atomic mass is 9.79. The van der Waals surface area contributed by atoms with Gasteiger partial charge in [-0.25, -0.2) is 5.10 Å². The van der Waals surface area contributed by atoms with Crippen LogP contribution in [-0.4, -0.2) is 32.3 Å². The number of rotatable bonds is 6. The van der Waals surface area contributed by atoms with Crippen LogP contribution < -0.4 is 4.74 Å². The Morgan fingerprint density at radius 1 is 1.00 bits per heavy atom. The highest BCUT2D eigenvalue weighted by Gasteiger charge is 2.26. The van der Waals surface area contributed by atoms with Crippen LogP contribution in [0.5, 0.6) is 11.5 Å². The summed E-state index contributed by atoms with van der Waals surface area (Å²) in [5.41, 5.74) is 1.54. The Morgan fingerprint density at radius 3 is 2.08 bits per heavy atom. The van der Waals surface area contributed by atoms with E-state index in [0.29, 0.717) is 12.4 Å². The maximum atomic E-state index is 10.7. The molecular weight excluding hydrogens is 316 g/mol. The lowest BCUT2D eigenvalue weighted by molar-refractivity contribution is 0.303. The fourth-order valence-electron chi connectivity index (χ4n) is 2.70. The molecule has 0 radical (unpaired) electrons. The molecule has 0 aliphatic heterocycles. The normalized spacial score (nSPS) is 12.4. The topological polar surface area (TPSA) is 83.9 Å². The summed E-state index contributed by atoms with van der Waals surface area (Å²) >= 11 is 0. The lowest BCUT2D eigenvalue weighted by Gasteiger charge is -2.28. The molecule has 1 aromatic carbocycles. The number of hydrogen-bond acceptors (Lipinski definition) is 5. The minimum Gasteiger partial charge on any atom is -0.507 e. The second-order valence-electron chi connectivity index (χ2n) is 8.52. The van der Waals surface area contributed by atoms with Crippen LogP contribution in [0.2, 0.25) is 0 Å². The zero-order valence-corrected chi connectivity index (χ0v) is 16.2. The van der Waals surface area contributed by atoms with Gasteiger partial charge in [0.1, 0.15) is 17.3 Å². The van der Waals surface area contributed by atoms with Crippen LogP contribution in [0.15, 0.2) is 12.1 Å². The Morgan fingerprint density at radius 2 is 1.60 bits per heavy atom. The average Bonchev–Trinajstić information content (AvgIpc) is 2.99. The standard InChI is InChI=1S/C19H30N4O2/c1-18(2,3)14-11-13(12-15(17(14)24)19(4,5)6)25-10-8-7-9-16-20-22-23-21-16/h11-12,24H,7-10H2,1-6H3,(H,20,21,22,23). The molecule has 0 amide bonds. The summed E-state index contributed by atoms with van der Waals surface area (Å²) in [4.78, 5) is 0. The first-order valence-electron chi connectivity index (χ1n) is 8.82. The number of benzene rings is 1. The van der Waals surface area contributed by atoms with Gasteiger partial charge in [-0.1, -0.05) is 41.5 Å². The molecule has 6 heteroatoms. The molecule has 0 saturated carbocycles. The summed E-state index contributed by atoms with van der Waals surface area (Å²) < 4.78 is 5.98. The maximum absolute atomic E-state index is 10.7. The number of nitrogens with zero attached hydrogens (tertiary/aromatic N) is 3. The van der Waals surface area contributed by atoms with Crippen LogP contribution in [0.1, 0.15) is 71.3 Å². The molecule has 0 bridgehead atoms. The highest BCUT2D eigenvalue weighted by molar-refractivity contribution is 5.51. The fourth-order valence-corrected chi connectivity index (χ4v) is 2.70. The summed E-state index contributed by atoms with van der Waals surface area (Å²) in [5.74, 6) is 1.99. The van der Waals surface area contributed by atoms with Crippen molar-refractivity contribution in [2.45, 2.75) is 71.6 Å². The number of phenolic OH excluding ortho intramolecular Hbond substituents is 1. The number of nitrogens with one attached hydrogen (secondary N) is 1. The van der Waals surface area contributed by atoms with E-state index in [1.165, 1.54) is 0 Å². The second kappa shape index (κ2) is 7.42. The van der Waals surface area contributed by atoms with E-state index in [1.807, 2.05) is 12.1 Å². The third-order valence-corrected chi connectivity index (χ3v) is 4.17. The Bertz CT molecular complexity index is 647. The van der Waals surface area contributed by atoms with Gasteiger partial charge in [-0.3, -0.25) is 0 Å². The summed E-state index contributed by atoms with van der Waals surface area (Å²) in [7, 11) is 0. The molecule has 0 fully saturated rings. The number of H-pyrrole nitrogens is 1. The number of aromatic nitrogens is 4. The number of aromatic hydroxyl groups is 1. The zero-order chi connectivity index (χ0) is 18.7. The van der Waals surface area contributed by atoms with Gasteiger partial charge in [-0.15, -0.1) is 5.10 Å². The van der Waals surface area contributed by atoms with Crippen molar-refractivity contribution in [1.82, 2.24) is 20.6 Å². The molecule has 1 heterocycles. The number of aromatic amines is 1. The molecule has 2 N–H and O–H groups in total. The average molecular weight is 346 g/mol. The van der Waals surface area contributed by atoms with Crippen molar-refractivity contribution in [3.05, 3.63) is 29.1 Å². The highest BCUT2D eigenvalue weighted by Crippen LogP contribution is 2.41.